The number of non-ortho nitro benzene ring substituents is 1. The second-order valence-corrected chi connectivity index (χ2v) is 4.24. The average molecular weight is 268 g/mol. The van der Waals surface area contributed by atoms with Gasteiger partial charge in [0.25, 0.3) is 5.69 Å². The van der Waals surface area contributed by atoms with Crippen molar-refractivity contribution < 1.29 is 14.8 Å². The molecule has 106 valence electrons. The van der Waals surface area contributed by atoms with Gasteiger partial charge in [0, 0.05) is 31.0 Å². The van der Waals surface area contributed by atoms with Crippen LogP contribution in [0.5, 0.6) is 5.75 Å². The van der Waals surface area contributed by atoms with E-state index >= 15 is 0 Å². The van der Waals surface area contributed by atoms with Crippen LogP contribution in [0.15, 0.2) is 18.2 Å². The van der Waals surface area contributed by atoms with E-state index in [1.165, 1.54) is 19.2 Å². The zero-order valence-corrected chi connectivity index (χ0v) is 11.1. The van der Waals surface area contributed by atoms with E-state index in [1.54, 1.807) is 6.07 Å². The normalized spacial score (nSPS) is 10.2. The van der Waals surface area contributed by atoms with Gasteiger partial charge >= 0.3 is 0 Å². The molecule has 0 aromatic heterocycles. The lowest BCUT2D eigenvalue weighted by molar-refractivity contribution is -0.384. The predicted molar refractivity (Wildman–Crippen MR) is 73.7 cm³/mol. The fourth-order valence-corrected chi connectivity index (χ4v) is 1.73. The molecule has 0 heterocycles. The summed E-state index contributed by atoms with van der Waals surface area (Å²) in [5.74, 6) is 0.469. The Morgan fingerprint density at radius 1 is 1.26 bits per heavy atom. The van der Waals surface area contributed by atoms with Gasteiger partial charge in [-0.2, -0.15) is 0 Å². The van der Waals surface area contributed by atoms with E-state index < -0.39 is 4.92 Å². The van der Waals surface area contributed by atoms with E-state index in [9.17, 15) is 10.1 Å². The molecule has 0 aliphatic carbocycles. The molecule has 1 aromatic rings. The number of unbranched alkanes of at least 4 members (excludes halogenated alkanes) is 3. The maximum atomic E-state index is 10.8. The molecule has 0 fully saturated rings. The van der Waals surface area contributed by atoms with Gasteiger partial charge in [0.05, 0.1) is 18.1 Å². The topological polar surface area (TPSA) is 84.6 Å². The summed E-state index contributed by atoms with van der Waals surface area (Å²) in [5, 5.41) is 22.6. The fourth-order valence-electron chi connectivity index (χ4n) is 1.73. The van der Waals surface area contributed by atoms with E-state index in [-0.39, 0.29) is 12.3 Å². The number of nitro groups is 1. The van der Waals surface area contributed by atoms with E-state index in [1.807, 2.05) is 0 Å². The monoisotopic (exact) mass is 268 g/mol. The number of rotatable bonds is 9. The molecule has 0 spiro atoms. The molecule has 0 saturated carbocycles. The number of anilines is 1. The summed E-state index contributed by atoms with van der Waals surface area (Å²) in [6, 6.07) is 4.63. The zero-order valence-electron chi connectivity index (χ0n) is 11.1. The van der Waals surface area contributed by atoms with Gasteiger partial charge in [-0.15, -0.1) is 0 Å². The smallest absolute Gasteiger partial charge is 0.275 e. The molecule has 6 nitrogen and oxygen atoms in total. The van der Waals surface area contributed by atoms with Crippen LogP contribution in [0.2, 0.25) is 0 Å². The van der Waals surface area contributed by atoms with Crippen LogP contribution >= 0.6 is 0 Å². The fraction of sp³-hybridized carbons (Fsp3) is 0.538. The van der Waals surface area contributed by atoms with Gasteiger partial charge in [0.2, 0.25) is 0 Å². The van der Waals surface area contributed by atoms with Crippen LogP contribution in [-0.2, 0) is 0 Å². The second-order valence-electron chi connectivity index (χ2n) is 4.24. The number of methoxy groups -OCH3 is 1. The molecule has 0 saturated heterocycles. The minimum Gasteiger partial charge on any atom is -0.496 e. The Morgan fingerprint density at radius 3 is 2.63 bits per heavy atom. The average Bonchev–Trinajstić information content (AvgIpc) is 2.42. The Morgan fingerprint density at radius 2 is 2.00 bits per heavy atom. The van der Waals surface area contributed by atoms with E-state index in [2.05, 4.69) is 5.32 Å². The Hall–Kier alpha value is -1.82. The number of benzene rings is 1. The highest BCUT2D eigenvalue weighted by Gasteiger charge is 2.09. The molecule has 0 aliphatic rings. The van der Waals surface area contributed by atoms with Crippen molar-refractivity contribution >= 4 is 11.4 Å². The lowest BCUT2D eigenvalue weighted by atomic mass is 10.2. The second kappa shape index (κ2) is 8.31. The van der Waals surface area contributed by atoms with Crippen molar-refractivity contribution in [2.45, 2.75) is 25.7 Å². The van der Waals surface area contributed by atoms with Crippen molar-refractivity contribution in [2.75, 3.05) is 25.6 Å². The van der Waals surface area contributed by atoms with Crippen molar-refractivity contribution in [1.82, 2.24) is 0 Å². The maximum absolute atomic E-state index is 10.8. The van der Waals surface area contributed by atoms with Crippen LogP contribution in [0.4, 0.5) is 11.4 Å². The van der Waals surface area contributed by atoms with Crippen molar-refractivity contribution in [1.29, 1.82) is 0 Å². The van der Waals surface area contributed by atoms with Crippen molar-refractivity contribution in [2.24, 2.45) is 0 Å². The van der Waals surface area contributed by atoms with E-state index in [0.29, 0.717) is 11.4 Å². The standard InChI is InChI=1S/C13H20N2O4/c1-19-13-9-11(8-12(10-13)15(17)18)14-6-4-2-3-5-7-16/h8-10,14,16H,2-7H2,1H3. The highest BCUT2D eigenvalue weighted by atomic mass is 16.6. The quantitative estimate of drug-likeness (QED) is 0.408. The Labute approximate surface area is 112 Å². The highest BCUT2D eigenvalue weighted by Crippen LogP contribution is 2.25. The molecule has 6 heteroatoms. The minimum atomic E-state index is -0.436. The van der Waals surface area contributed by atoms with Crippen molar-refractivity contribution in [3.05, 3.63) is 28.3 Å². The first-order valence-electron chi connectivity index (χ1n) is 6.35. The number of aliphatic hydroxyl groups is 1. The van der Waals surface area contributed by atoms with Crippen LogP contribution in [0, 0.1) is 10.1 Å². The van der Waals surface area contributed by atoms with Gasteiger partial charge in [-0.1, -0.05) is 12.8 Å². The third-order valence-corrected chi connectivity index (χ3v) is 2.75. The first-order valence-corrected chi connectivity index (χ1v) is 6.35. The van der Waals surface area contributed by atoms with Crippen molar-refractivity contribution in [3.63, 3.8) is 0 Å². The van der Waals surface area contributed by atoms with Gasteiger partial charge < -0.3 is 15.2 Å². The number of ether oxygens (including phenoxy) is 1. The number of nitro benzene ring substituents is 1. The highest BCUT2D eigenvalue weighted by molar-refractivity contribution is 5.56. The summed E-state index contributed by atoms with van der Waals surface area (Å²) in [6.45, 7) is 0.977. The van der Waals surface area contributed by atoms with Gasteiger partial charge in [0.1, 0.15) is 5.75 Å². The number of hydrogen-bond donors (Lipinski definition) is 2. The van der Waals surface area contributed by atoms with Gasteiger partial charge in [-0.25, -0.2) is 0 Å². The third-order valence-electron chi connectivity index (χ3n) is 2.75. The zero-order chi connectivity index (χ0) is 14.1. The van der Waals surface area contributed by atoms with Gasteiger partial charge in [0.15, 0.2) is 0 Å². The van der Waals surface area contributed by atoms with Crippen LogP contribution in [0.3, 0.4) is 0 Å². The summed E-state index contributed by atoms with van der Waals surface area (Å²) in [4.78, 5) is 10.3. The molecule has 0 unspecified atom stereocenters. The summed E-state index contributed by atoms with van der Waals surface area (Å²) in [6.07, 6.45) is 3.81. The summed E-state index contributed by atoms with van der Waals surface area (Å²) >= 11 is 0. The van der Waals surface area contributed by atoms with Crippen LogP contribution in [0.1, 0.15) is 25.7 Å². The van der Waals surface area contributed by atoms with Crippen LogP contribution in [-0.4, -0.2) is 30.3 Å². The molecule has 19 heavy (non-hydrogen) atoms. The lowest BCUT2D eigenvalue weighted by Gasteiger charge is -2.08. The number of hydrogen-bond acceptors (Lipinski definition) is 5. The van der Waals surface area contributed by atoms with Gasteiger partial charge in [-0.3, -0.25) is 10.1 Å². The van der Waals surface area contributed by atoms with Crippen LogP contribution in [0.25, 0.3) is 0 Å². The van der Waals surface area contributed by atoms with Gasteiger partial charge in [-0.05, 0) is 12.8 Å². The maximum Gasteiger partial charge on any atom is 0.275 e. The van der Waals surface area contributed by atoms with E-state index in [4.69, 9.17) is 9.84 Å². The number of nitrogens with one attached hydrogen (secondary N) is 1. The SMILES string of the molecule is COc1cc(NCCCCCCO)cc([N+](=O)[O-])c1. The first-order chi connectivity index (χ1) is 9.17. The molecule has 2 N–H and O–H groups in total. The first kappa shape index (κ1) is 15.2. The summed E-state index contributed by atoms with van der Waals surface area (Å²) in [7, 11) is 1.48. The molecule has 1 rings (SSSR count). The minimum absolute atomic E-state index is 0.0159. The molecule has 0 atom stereocenters. The number of nitrogens with zero attached hydrogens (tertiary/aromatic N) is 1. The Kier molecular flexibility index (Phi) is 6.67. The summed E-state index contributed by atoms with van der Waals surface area (Å²) < 4.78 is 5.03. The molecule has 0 aliphatic heterocycles. The summed E-state index contributed by atoms with van der Waals surface area (Å²) in [5.41, 5.74) is 0.704. The molecular weight excluding hydrogens is 248 g/mol. The molecular formula is C13H20N2O4. The molecule has 1 aromatic carbocycles. The third kappa shape index (κ3) is 5.56. The predicted octanol–water partition coefficient (Wildman–Crippen LogP) is 2.57. The number of aliphatic hydroxyl groups excluding tert-OH is 1. The van der Waals surface area contributed by atoms with Crippen LogP contribution < -0.4 is 10.1 Å². The molecule has 0 radical (unpaired) electrons. The Balaban J connectivity index is 2.48. The molecule has 0 amide bonds. The lowest BCUT2D eigenvalue weighted by Crippen LogP contribution is -2.02. The molecule has 0 bridgehead atoms. The largest absolute Gasteiger partial charge is 0.496 e. The Bertz CT molecular complexity index is 410. The van der Waals surface area contributed by atoms with E-state index in [0.717, 1.165) is 32.2 Å². The van der Waals surface area contributed by atoms with Crippen molar-refractivity contribution in [3.8, 4) is 5.75 Å².